The largest absolute Gasteiger partial charge is 0.492 e. The van der Waals surface area contributed by atoms with Crippen molar-refractivity contribution in [1.29, 1.82) is 5.26 Å². The molecule has 0 radical (unpaired) electrons. The number of piperidine rings is 1. The number of ether oxygens (including phenoxy) is 2. The zero-order valence-electron chi connectivity index (χ0n) is 25.1. The van der Waals surface area contributed by atoms with Crippen LogP contribution in [-0.2, 0) is 9.53 Å². The molecule has 0 aromatic carbocycles. The molecule has 2 fully saturated rings. The van der Waals surface area contributed by atoms with Crippen LogP contribution in [0.2, 0.25) is 0 Å². The summed E-state index contributed by atoms with van der Waals surface area (Å²) < 4.78 is 13.0. The Morgan fingerprint density at radius 3 is 2.64 bits per heavy atom. The molecule has 1 amide bonds. The number of fused-ring (bicyclic) bond motifs is 1. The van der Waals surface area contributed by atoms with E-state index in [1.54, 1.807) is 24.0 Å². The van der Waals surface area contributed by atoms with Crippen LogP contribution in [0.3, 0.4) is 0 Å². The average Bonchev–Trinajstić information content (AvgIpc) is 3.62. The van der Waals surface area contributed by atoms with Gasteiger partial charge in [0.25, 0.3) is 0 Å². The summed E-state index contributed by atoms with van der Waals surface area (Å²) >= 11 is 0. The Morgan fingerprint density at radius 1 is 1.24 bits per heavy atom. The van der Waals surface area contributed by atoms with Gasteiger partial charge in [0.2, 0.25) is 5.91 Å². The van der Waals surface area contributed by atoms with E-state index in [9.17, 15) is 10.1 Å². The highest BCUT2D eigenvalue weighted by atomic mass is 32.1. The number of nitriles is 1. The van der Waals surface area contributed by atoms with Gasteiger partial charge in [0.05, 0.1) is 41.6 Å². The van der Waals surface area contributed by atoms with Crippen molar-refractivity contribution in [2.24, 2.45) is 11.3 Å². The lowest BCUT2D eigenvalue weighted by atomic mass is 9.76. The average molecular weight is 594 g/mol. The number of aromatic nitrogens is 3. The minimum Gasteiger partial charge on any atom is -0.492 e. The summed E-state index contributed by atoms with van der Waals surface area (Å²) in [5.74, 6) is 2.15. The number of carbonyl (C=O) groups is 1. The molecule has 2 aliphatic heterocycles. The third kappa shape index (κ3) is 6.66. The SMILES string of the molecule is CCOc1cc(-c2ccc(N3CCC(CN4CC[C@H](OC)C4)(C(=O)NCC(C)C)CC3)nc2)c2c(C#N)cnn2c1.S. The normalized spacial score (nSPS) is 18.6. The lowest BCUT2D eigenvalue weighted by Crippen LogP contribution is -2.54. The molecule has 1 N–H and O–H groups in total. The number of hydrogen-bond acceptors (Lipinski definition) is 8. The van der Waals surface area contributed by atoms with Crippen LogP contribution >= 0.6 is 13.5 Å². The van der Waals surface area contributed by atoms with Crippen LogP contribution in [0.25, 0.3) is 16.6 Å². The maximum Gasteiger partial charge on any atom is 0.227 e. The number of amides is 1. The second-order valence-electron chi connectivity index (χ2n) is 11.6. The van der Waals surface area contributed by atoms with E-state index < -0.39 is 5.41 Å². The van der Waals surface area contributed by atoms with Gasteiger partial charge in [-0.3, -0.25) is 9.69 Å². The van der Waals surface area contributed by atoms with Crippen molar-refractivity contribution in [3.8, 4) is 22.9 Å². The molecular weight excluding hydrogens is 550 g/mol. The Morgan fingerprint density at radius 2 is 2.02 bits per heavy atom. The number of nitrogens with zero attached hydrogens (tertiary/aromatic N) is 6. The smallest absolute Gasteiger partial charge is 0.227 e. The first-order valence-electron chi connectivity index (χ1n) is 14.6. The van der Waals surface area contributed by atoms with E-state index >= 15 is 0 Å². The van der Waals surface area contributed by atoms with Crippen molar-refractivity contribution >= 4 is 30.7 Å². The fourth-order valence-corrected chi connectivity index (χ4v) is 6.04. The molecule has 0 spiro atoms. The first-order chi connectivity index (χ1) is 19.9. The zero-order chi connectivity index (χ0) is 29.0. The van der Waals surface area contributed by atoms with E-state index in [1.807, 2.05) is 31.3 Å². The number of methoxy groups -OCH3 is 1. The first-order valence-corrected chi connectivity index (χ1v) is 14.6. The van der Waals surface area contributed by atoms with Gasteiger partial charge in [-0.25, -0.2) is 9.50 Å². The molecule has 5 rings (SSSR count). The van der Waals surface area contributed by atoms with Crippen LogP contribution in [0.15, 0.2) is 36.8 Å². The van der Waals surface area contributed by atoms with Crippen LogP contribution in [0.5, 0.6) is 5.75 Å². The van der Waals surface area contributed by atoms with E-state index in [0.29, 0.717) is 30.4 Å². The van der Waals surface area contributed by atoms with Crippen molar-refractivity contribution in [2.75, 3.05) is 57.9 Å². The molecule has 0 unspecified atom stereocenters. The molecule has 2 saturated heterocycles. The number of rotatable bonds is 10. The topological polar surface area (TPSA) is 108 Å². The molecule has 0 bridgehead atoms. The van der Waals surface area contributed by atoms with Gasteiger partial charge in [-0.15, -0.1) is 0 Å². The molecule has 3 aromatic heterocycles. The summed E-state index contributed by atoms with van der Waals surface area (Å²) in [5.41, 5.74) is 2.56. The molecule has 1 atom stereocenters. The van der Waals surface area contributed by atoms with Crippen molar-refractivity contribution in [1.82, 2.24) is 24.8 Å². The summed E-state index contributed by atoms with van der Waals surface area (Å²) in [6, 6.07) is 8.24. The third-order valence-electron chi connectivity index (χ3n) is 8.36. The van der Waals surface area contributed by atoms with Gasteiger partial charge in [0, 0.05) is 63.7 Å². The molecule has 42 heavy (non-hydrogen) atoms. The second-order valence-corrected chi connectivity index (χ2v) is 11.6. The van der Waals surface area contributed by atoms with E-state index in [4.69, 9.17) is 14.5 Å². The summed E-state index contributed by atoms with van der Waals surface area (Å²) in [6.45, 7) is 11.5. The van der Waals surface area contributed by atoms with Crippen molar-refractivity contribution in [2.45, 2.75) is 46.1 Å². The highest BCUT2D eigenvalue weighted by Crippen LogP contribution is 2.37. The quantitative estimate of drug-likeness (QED) is 0.378. The summed E-state index contributed by atoms with van der Waals surface area (Å²) in [7, 11) is 1.77. The molecule has 3 aromatic rings. The van der Waals surface area contributed by atoms with E-state index in [1.165, 1.54) is 0 Å². The van der Waals surface area contributed by atoms with Crippen LogP contribution in [0.1, 0.15) is 45.6 Å². The molecule has 226 valence electrons. The predicted molar refractivity (Wildman–Crippen MR) is 168 cm³/mol. The van der Waals surface area contributed by atoms with Gasteiger partial charge in [0.15, 0.2) is 0 Å². The van der Waals surface area contributed by atoms with E-state index in [0.717, 1.165) is 74.4 Å². The monoisotopic (exact) mass is 593 g/mol. The third-order valence-corrected chi connectivity index (χ3v) is 8.36. The fourth-order valence-electron chi connectivity index (χ4n) is 6.04. The summed E-state index contributed by atoms with van der Waals surface area (Å²) in [6.07, 6.45) is 8.01. The van der Waals surface area contributed by atoms with Crippen LogP contribution < -0.4 is 15.0 Å². The van der Waals surface area contributed by atoms with Gasteiger partial charge < -0.3 is 19.7 Å². The van der Waals surface area contributed by atoms with Crippen LogP contribution in [0.4, 0.5) is 5.82 Å². The van der Waals surface area contributed by atoms with Gasteiger partial charge in [-0.05, 0) is 50.3 Å². The molecule has 10 nitrogen and oxygen atoms in total. The summed E-state index contributed by atoms with van der Waals surface area (Å²) in [5, 5.41) is 17.2. The fraction of sp³-hybridized carbons (Fsp3) is 0.548. The minimum atomic E-state index is -0.422. The Kier molecular flexibility index (Phi) is 10.4. The zero-order valence-corrected chi connectivity index (χ0v) is 26.1. The Labute approximate surface area is 255 Å². The highest BCUT2D eigenvalue weighted by Gasteiger charge is 2.44. The van der Waals surface area contributed by atoms with Gasteiger partial charge >= 0.3 is 0 Å². The molecule has 0 aliphatic carbocycles. The van der Waals surface area contributed by atoms with Gasteiger partial charge in [-0.1, -0.05) is 13.8 Å². The first kappa shape index (κ1) is 31.6. The predicted octanol–water partition coefficient (Wildman–Crippen LogP) is 3.86. The molecule has 5 heterocycles. The lowest BCUT2D eigenvalue weighted by molar-refractivity contribution is -0.133. The van der Waals surface area contributed by atoms with Gasteiger partial charge in [-0.2, -0.15) is 23.9 Å². The van der Waals surface area contributed by atoms with Crippen molar-refractivity contribution in [3.63, 3.8) is 0 Å². The highest BCUT2D eigenvalue weighted by molar-refractivity contribution is 7.59. The molecule has 0 saturated carbocycles. The number of nitrogens with one attached hydrogen (secondary N) is 1. The molecular formula is C31H43N7O3S. The van der Waals surface area contributed by atoms with E-state index in [2.05, 4.69) is 40.1 Å². The molecule has 2 aliphatic rings. The summed E-state index contributed by atoms with van der Waals surface area (Å²) in [4.78, 5) is 23.1. The van der Waals surface area contributed by atoms with Crippen molar-refractivity contribution in [3.05, 3.63) is 42.4 Å². The van der Waals surface area contributed by atoms with Crippen molar-refractivity contribution < 1.29 is 14.3 Å². The number of pyridine rings is 2. The minimum absolute atomic E-state index is 0. The van der Waals surface area contributed by atoms with Gasteiger partial charge in [0.1, 0.15) is 17.6 Å². The van der Waals surface area contributed by atoms with Crippen LogP contribution in [0, 0.1) is 22.7 Å². The number of anilines is 1. The second kappa shape index (κ2) is 13.8. The number of likely N-dealkylation sites (tertiary alicyclic amines) is 1. The van der Waals surface area contributed by atoms with E-state index in [-0.39, 0.29) is 25.5 Å². The Bertz CT molecular complexity index is 1390. The maximum absolute atomic E-state index is 13.6. The lowest BCUT2D eigenvalue weighted by Gasteiger charge is -2.43. The Balaban J connectivity index is 0.00000405. The van der Waals surface area contributed by atoms with Crippen LogP contribution in [-0.4, -0.2) is 84.5 Å². The Hall–Kier alpha value is -3.33. The standard InChI is InChI=1S/C31H41N7O3.H2S/c1-5-41-26-14-27(29-24(15-32)18-35-38(29)20-26)23-6-7-28(33-17-23)37-12-9-31(10-13-37,30(39)34-16-22(2)3)21-36-11-8-25(19-36)40-4;/h6-7,14,17-18,20,22,25H,5,8-13,16,19,21H2,1-4H3,(H,34,39);1H2/t25-;/m0./s1. The molecule has 11 heteroatoms. The maximum atomic E-state index is 13.6. The number of hydrogen-bond donors (Lipinski definition) is 1. The number of carbonyl (C=O) groups excluding carboxylic acids is 1.